The van der Waals surface area contributed by atoms with Crippen LogP contribution in [-0.4, -0.2) is 44.4 Å². The second-order valence-corrected chi connectivity index (χ2v) is 5.49. The molecule has 0 amide bonds. The third-order valence-electron chi connectivity index (χ3n) is 3.96. The van der Waals surface area contributed by atoms with Gasteiger partial charge in [-0.25, -0.2) is 19.9 Å². The fourth-order valence-electron chi connectivity index (χ4n) is 2.65. The first kappa shape index (κ1) is 14.6. The molecule has 0 unspecified atom stereocenters. The van der Waals surface area contributed by atoms with Crippen LogP contribution in [0.1, 0.15) is 25.1 Å². The highest BCUT2D eigenvalue weighted by Gasteiger charge is 2.12. The second-order valence-electron chi connectivity index (χ2n) is 5.49. The molecule has 0 radical (unpaired) electrons. The van der Waals surface area contributed by atoms with Crippen LogP contribution in [0, 0.1) is 0 Å². The van der Waals surface area contributed by atoms with Crippen molar-refractivity contribution in [3.05, 3.63) is 28.7 Å². The number of hydrogen-bond donors (Lipinski definition) is 2. The average molecular weight is 303 g/mol. The van der Waals surface area contributed by atoms with Gasteiger partial charge in [0.1, 0.15) is 23.8 Å². The summed E-state index contributed by atoms with van der Waals surface area (Å²) < 4.78 is 1.51. The van der Waals surface area contributed by atoms with Crippen LogP contribution in [-0.2, 0) is 13.5 Å². The smallest absolute Gasteiger partial charge is 0.343 e. The Morgan fingerprint density at radius 1 is 1.27 bits per heavy atom. The molecule has 1 aliphatic heterocycles. The Hall–Kier alpha value is -2.38. The van der Waals surface area contributed by atoms with Crippen LogP contribution in [0.4, 0.5) is 11.6 Å². The van der Waals surface area contributed by atoms with E-state index in [2.05, 4.69) is 30.4 Å². The molecular weight excluding hydrogens is 282 g/mol. The van der Waals surface area contributed by atoms with Crippen LogP contribution in [0.2, 0.25) is 0 Å². The Labute approximate surface area is 128 Å². The van der Waals surface area contributed by atoms with Crippen molar-refractivity contribution >= 4 is 11.6 Å². The molecule has 8 heteroatoms. The van der Waals surface area contributed by atoms with Crippen LogP contribution >= 0.6 is 0 Å². The molecule has 8 nitrogen and oxygen atoms in total. The highest BCUT2D eigenvalue weighted by Crippen LogP contribution is 2.18. The van der Waals surface area contributed by atoms with Crippen molar-refractivity contribution < 1.29 is 0 Å². The van der Waals surface area contributed by atoms with E-state index in [9.17, 15) is 4.79 Å². The van der Waals surface area contributed by atoms with E-state index in [4.69, 9.17) is 0 Å². The first-order valence-electron chi connectivity index (χ1n) is 7.65. The molecule has 1 aliphatic rings. The molecule has 2 N–H and O–H groups in total. The molecule has 1 fully saturated rings. The van der Waals surface area contributed by atoms with Crippen molar-refractivity contribution in [3.8, 4) is 0 Å². The van der Waals surface area contributed by atoms with E-state index in [-0.39, 0.29) is 5.69 Å². The molecule has 0 aromatic carbocycles. The summed E-state index contributed by atoms with van der Waals surface area (Å²) in [6.45, 7) is 2.78. The molecular formula is C14H21N7O. The molecule has 2 aromatic heterocycles. The number of aromatic amines is 1. The molecule has 1 saturated heterocycles. The summed E-state index contributed by atoms with van der Waals surface area (Å²) in [6, 6.07) is 1.98. The zero-order chi connectivity index (χ0) is 15.4. The quantitative estimate of drug-likeness (QED) is 0.838. The Balaban J connectivity index is 1.58. The van der Waals surface area contributed by atoms with Crippen molar-refractivity contribution in [3.63, 3.8) is 0 Å². The molecule has 118 valence electrons. The molecule has 0 spiro atoms. The zero-order valence-electron chi connectivity index (χ0n) is 12.7. The van der Waals surface area contributed by atoms with Gasteiger partial charge in [0.25, 0.3) is 0 Å². The van der Waals surface area contributed by atoms with Crippen molar-refractivity contribution in [1.29, 1.82) is 0 Å². The largest absolute Gasteiger partial charge is 0.369 e. The standard InChI is InChI=1S/C14H21N7O/c1-20-12(18-19-14(20)22)5-6-15-11-9-13(17-10-16-11)21-7-3-2-4-8-21/h9-10H,2-8H2,1H3,(H,19,22)(H,15,16,17). The summed E-state index contributed by atoms with van der Waals surface area (Å²) in [5.74, 6) is 2.50. The summed E-state index contributed by atoms with van der Waals surface area (Å²) in [5, 5.41) is 9.68. The lowest BCUT2D eigenvalue weighted by Gasteiger charge is -2.27. The van der Waals surface area contributed by atoms with E-state index < -0.39 is 0 Å². The third-order valence-corrected chi connectivity index (χ3v) is 3.96. The van der Waals surface area contributed by atoms with Gasteiger partial charge in [0.05, 0.1) is 0 Å². The predicted molar refractivity (Wildman–Crippen MR) is 84.1 cm³/mol. The Kier molecular flexibility index (Phi) is 4.36. The minimum absolute atomic E-state index is 0.190. The molecule has 0 saturated carbocycles. The fraction of sp³-hybridized carbons (Fsp3) is 0.571. The van der Waals surface area contributed by atoms with Crippen molar-refractivity contribution in [2.24, 2.45) is 7.05 Å². The number of aromatic nitrogens is 5. The Bertz CT molecular complexity index is 672. The summed E-state index contributed by atoms with van der Waals surface area (Å²) in [4.78, 5) is 22.2. The third kappa shape index (κ3) is 3.26. The van der Waals surface area contributed by atoms with Gasteiger partial charge in [0.2, 0.25) is 0 Å². The van der Waals surface area contributed by atoms with E-state index in [0.717, 1.165) is 30.5 Å². The first-order valence-corrected chi connectivity index (χ1v) is 7.65. The number of anilines is 2. The lowest BCUT2D eigenvalue weighted by atomic mass is 10.1. The number of rotatable bonds is 5. The van der Waals surface area contributed by atoms with E-state index in [1.807, 2.05) is 6.07 Å². The number of nitrogens with zero attached hydrogens (tertiary/aromatic N) is 5. The topological polar surface area (TPSA) is 91.7 Å². The lowest BCUT2D eigenvalue weighted by Crippen LogP contribution is -2.30. The van der Waals surface area contributed by atoms with Gasteiger partial charge in [-0.1, -0.05) is 0 Å². The van der Waals surface area contributed by atoms with Crippen LogP contribution < -0.4 is 15.9 Å². The highest BCUT2D eigenvalue weighted by molar-refractivity contribution is 5.48. The number of hydrogen-bond acceptors (Lipinski definition) is 6. The monoisotopic (exact) mass is 303 g/mol. The maximum absolute atomic E-state index is 11.3. The summed E-state index contributed by atoms with van der Waals surface area (Å²) >= 11 is 0. The van der Waals surface area contributed by atoms with Gasteiger partial charge in [-0.2, -0.15) is 5.10 Å². The van der Waals surface area contributed by atoms with Crippen LogP contribution in [0.5, 0.6) is 0 Å². The summed E-state index contributed by atoms with van der Waals surface area (Å²) in [7, 11) is 1.71. The number of H-pyrrole nitrogens is 1. The van der Waals surface area contributed by atoms with E-state index in [1.165, 1.54) is 23.8 Å². The normalized spacial score (nSPS) is 15.0. The average Bonchev–Trinajstić information content (AvgIpc) is 2.88. The maximum Gasteiger partial charge on any atom is 0.343 e. The lowest BCUT2D eigenvalue weighted by molar-refractivity contribution is 0.573. The van der Waals surface area contributed by atoms with E-state index in [0.29, 0.717) is 13.0 Å². The van der Waals surface area contributed by atoms with Crippen LogP contribution in [0.25, 0.3) is 0 Å². The highest BCUT2D eigenvalue weighted by atomic mass is 16.1. The Morgan fingerprint density at radius 2 is 2.09 bits per heavy atom. The predicted octanol–water partition coefficient (Wildman–Crippen LogP) is 0.543. The number of nitrogens with one attached hydrogen (secondary N) is 2. The fourth-order valence-corrected chi connectivity index (χ4v) is 2.65. The molecule has 3 heterocycles. The van der Waals surface area contributed by atoms with Gasteiger partial charge in [-0.15, -0.1) is 0 Å². The molecule has 3 rings (SSSR count). The molecule has 22 heavy (non-hydrogen) atoms. The van der Waals surface area contributed by atoms with Crippen molar-refractivity contribution in [2.45, 2.75) is 25.7 Å². The number of piperidine rings is 1. The Morgan fingerprint density at radius 3 is 2.82 bits per heavy atom. The minimum atomic E-state index is -0.190. The maximum atomic E-state index is 11.3. The van der Waals surface area contributed by atoms with E-state index in [1.54, 1.807) is 13.4 Å². The SMILES string of the molecule is Cn1c(CCNc2cc(N3CCCCC3)ncn2)n[nH]c1=O. The van der Waals surface area contributed by atoms with Crippen LogP contribution in [0.15, 0.2) is 17.2 Å². The van der Waals surface area contributed by atoms with Gasteiger partial charge < -0.3 is 10.2 Å². The zero-order valence-corrected chi connectivity index (χ0v) is 12.7. The first-order chi connectivity index (χ1) is 10.7. The molecule has 0 aliphatic carbocycles. The summed E-state index contributed by atoms with van der Waals surface area (Å²) in [5.41, 5.74) is -0.190. The minimum Gasteiger partial charge on any atom is -0.369 e. The van der Waals surface area contributed by atoms with Crippen molar-refractivity contribution in [1.82, 2.24) is 24.7 Å². The molecule has 2 aromatic rings. The van der Waals surface area contributed by atoms with Crippen molar-refractivity contribution in [2.75, 3.05) is 29.9 Å². The van der Waals surface area contributed by atoms with Gasteiger partial charge in [-0.3, -0.25) is 4.57 Å². The van der Waals surface area contributed by atoms with Gasteiger partial charge >= 0.3 is 5.69 Å². The molecule has 0 bridgehead atoms. The van der Waals surface area contributed by atoms with Gasteiger partial charge in [0, 0.05) is 39.2 Å². The van der Waals surface area contributed by atoms with E-state index >= 15 is 0 Å². The van der Waals surface area contributed by atoms with Crippen LogP contribution in [0.3, 0.4) is 0 Å². The van der Waals surface area contributed by atoms with Gasteiger partial charge in [0.15, 0.2) is 0 Å². The summed E-state index contributed by atoms with van der Waals surface area (Å²) in [6.07, 6.45) is 5.99. The molecule has 0 atom stereocenters. The van der Waals surface area contributed by atoms with Gasteiger partial charge in [-0.05, 0) is 19.3 Å². The second kappa shape index (κ2) is 6.59.